The number of amides is 1. The lowest BCUT2D eigenvalue weighted by Crippen LogP contribution is -2.36. The first kappa shape index (κ1) is 18.9. The van der Waals surface area contributed by atoms with Gasteiger partial charge in [0.15, 0.2) is 5.82 Å². The van der Waals surface area contributed by atoms with E-state index in [2.05, 4.69) is 56.3 Å². The second-order valence-electron chi connectivity index (χ2n) is 8.43. The van der Waals surface area contributed by atoms with Gasteiger partial charge in [-0.2, -0.15) is 5.10 Å². The van der Waals surface area contributed by atoms with Gasteiger partial charge in [0.2, 0.25) is 0 Å². The van der Waals surface area contributed by atoms with Crippen LogP contribution in [0.3, 0.4) is 0 Å². The third-order valence-electron chi connectivity index (χ3n) is 6.40. The van der Waals surface area contributed by atoms with Crippen molar-refractivity contribution in [2.75, 3.05) is 19.6 Å². The van der Waals surface area contributed by atoms with E-state index in [0.717, 1.165) is 37.8 Å². The standard InChI is InChI=1S/C23H26N6O/c1-15-7-3-4-8-18(15)22-19-13-28(14-21-25-16(2)26-27-21)11-17(19)12-29(22)23(30)20-9-5-6-10-24-20/h3-10,17,19,22H,11-14H2,1-2H3,(H,25,26,27)/t17-,19-,22+/m0/s1. The number of aryl methyl sites for hydroxylation is 2. The molecule has 0 saturated carbocycles. The fourth-order valence-electron chi connectivity index (χ4n) is 5.09. The number of benzene rings is 1. The third-order valence-corrected chi connectivity index (χ3v) is 6.40. The van der Waals surface area contributed by atoms with Crippen molar-refractivity contribution in [1.82, 2.24) is 30.0 Å². The predicted molar refractivity (Wildman–Crippen MR) is 113 cm³/mol. The Morgan fingerprint density at radius 2 is 1.93 bits per heavy atom. The topological polar surface area (TPSA) is 78.0 Å². The van der Waals surface area contributed by atoms with E-state index < -0.39 is 0 Å². The molecule has 0 radical (unpaired) electrons. The Balaban J connectivity index is 1.43. The van der Waals surface area contributed by atoms with Gasteiger partial charge in [0, 0.05) is 31.7 Å². The van der Waals surface area contributed by atoms with Crippen LogP contribution in [0.2, 0.25) is 0 Å². The Morgan fingerprint density at radius 3 is 2.67 bits per heavy atom. The van der Waals surface area contributed by atoms with Gasteiger partial charge < -0.3 is 4.90 Å². The molecule has 4 heterocycles. The highest BCUT2D eigenvalue weighted by Gasteiger charge is 2.49. The van der Waals surface area contributed by atoms with Gasteiger partial charge in [-0.3, -0.25) is 19.8 Å². The Hall–Kier alpha value is -3.06. The number of likely N-dealkylation sites (tertiary alicyclic amines) is 2. The molecule has 7 nitrogen and oxygen atoms in total. The minimum absolute atomic E-state index is 0.0226. The second-order valence-corrected chi connectivity index (χ2v) is 8.43. The molecule has 3 atom stereocenters. The maximum absolute atomic E-state index is 13.4. The molecule has 1 N–H and O–H groups in total. The number of nitrogens with one attached hydrogen (secondary N) is 1. The second kappa shape index (κ2) is 7.65. The van der Waals surface area contributed by atoms with Crippen LogP contribution < -0.4 is 0 Å². The van der Waals surface area contributed by atoms with E-state index in [1.807, 2.05) is 30.0 Å². The summed E-state index contributed by atoms with van der Waals surface area (Å²) in [6, 6.07) is 14.0. The van der Waals surface area contributed by atoms with Gasteiger partial charge in [0.1, 0.15) is 11.5 Å². The molecule has 2 aliphatic rings. The van der Waals surface area contributed by atoms with Crippen molar-refractivity contribution in [2.24, 2.45) is 11.8 Å². The number of H-pyrrole nitrogens is 1. The summed E-state index contributed by atoms with van der Waals surface area (Å²) in [5, 5.41) is 7.22. The maximum Gasteiger partial charge on any atom is 0.272 e. The van der Waals surface area contributed by atoms with Gasteiger partial charge >= 0.3 is 0 Å². The van der Waals surface area contributed by atoms with Gasteiger partial charge in [-0.1, -0.05) is 30.3 Å². The molecule has 1 amide bonds. The first-order valence-electron chi connectivity index (χ1n) is 10.5. The van der Waals surface area contributed by atoms with E-state index >= 15 is 0 Å². The van der Waals surface area contributed by atoms with Crippen LogP contribution in [-0.2, 0) is 6.54 Å². The van der Waals surface area contributed by atoms with Crippen LogP contribution in [0.4, 0.5) is 0 Å². The highest BCUT2D eigenvalue weighted by molar-refractivity contribution is 5.92. The normalized spacial score (nSPS) is 23.7. The van der Waals surface area contributed by atoms with E-state index in [4.69, 9.17) is 0 Å². The Bertz CT molecular complexity index is 1050. The number of aromatic amines is 1. The van der Waals surface area contributed by atoms with Gasteiger partial charge in [-0.25, -0.2) is 4.98 Å². The van der Waals surface area contributed by atoms with Crippen molar-refractivity contribution in [2.45, 2.75) is 26.4 Å². The predicted octanol–water partition coefficient (Wildman–Crippen LogP) is 2.76. The van der Waals surface area contributed by atoms with Gasteiger partial charge in [-0.15, -0.1) is 0 Å². The fourth-order valence-corrected chi connectivity index (χ4v) is 5.09. The summed E-state index contributed by atoms with van der Waals surface area (Å²) in [6.45, 7) is 7.43. The minimum Gasteiger partial charge on any atom is -0.330 e. The van der Waals surface area contributed by atoms with E-state index in [-0.39, 0.29) is 11.9 Å². The monoisotopic (exact) mass is 402 g/mol. The quantitative estimate of drug-likeness (QED) is 0.726. The fraction of sp³-hybridized carbons (Fsp3) is 0.391. The maximum atomic E-state index is 13.4. The number of carbonyl (C=O) groups excluding carboxylic acids is 1. The number of rotatable bonds is 4. The number of pyridine rings is 1. The molecule has 0 spiro atoms. The van der Waals surface area contributed by atoms with Crippen molar-refractivity contribution < 1.29 is 4.79 Å². The summed E-state index contributed by atoms with van der Waals surface area (Å²) in [6.07, 6.45) is 1.69. The summed E-state index contributed by atoms with van der Waals surface area (Å²) < 4.78 is 0. The molecule has 2 saturated heterocycles. The first-order valence-corrected chi connectivity index (χ1v) is 10.5. The van der Waals surface area contributed by atoms with Crippen molar-refractivity contribution >= 4 is 5.91 Å². The zero-order valence-electron chi connectivity index (χ0n) is 17.3. The average Bonchev–Trinajstić information content (AvgIpc) is 3.43. The lowest BCUT2D eigenvalue weighted by atomic mass is 9.87. The third kappa shape index (κ3) is 3.39. The number of hydrogen-bond acceptors (Lipinski definition) is 5. The van der Waals surface area contributed by atoms with Crippen LogP contribution in [-0.4, -0.2) is 55.5 Å². The summed E-state index contributed by atoms with van der Waals surface area (Å²) >= 11 is 0. The van der Waals surface area contributed by atoms with Crippen molar-refractivity contribution in [1.29, 1.82) is 0 Å². The molecule has 1 aromatic carbocycles. The summed E-state index contributed by atoms with van der Waals surface area (Å²) in [5.41, 5.74) is 2.99. The van der Waals surface area contributed by atoms with Gasteiger partial charge in [0.25, 0.3) is 5.91 Å². The van der Waals surface area contributed by atoms with Crippen molar-refractivity contribution in [3.05, 3.63) is 77.1 Å². The smallest absolute Gasteiger partial charge is 0.272 e. The largest absolute Gasteiger partial charge is 0.330 e. The molecule has 0 unspecified atom stereocenters. The number of aromatic nitrogens is 4. The first-order chi connectivity index (χ1) is 14.6. The lowest BCUT2D eigenvalue weighted by Gasteiger charge is -2.30. The van der Waals surface area contributed by atoms with E-state index in [9.17, 15) is 4.79 Å². The molecule has 30 heavy (non-hydrogen) atoms. The van der Waals surface area contributed by atoms with Crippen LogP contribution in [0.5, 0.6) is 0 Å². The number of carbonyl (C=O) groups is 1. The molecular formula is C23H26N6O. The van der Waals surface area contributed by atoms with Crippen molar-refractivity contribution in [3.8, 4) is 0 Å². The van der Waals surface area contributed by atoms with Gasteiger partial charge in [0.05, 0.1) is 12.6 Å². The Morgan fingerprint density at radius 1 is 1.10 bits per heavy atom. The van der Waals surface area contributed by atoms with Crippen LogP contribution >= 0.6 is 0 Å². The lowest BCUT2D eigenvalue weighted by molar-refractivity contribution is 0.0693. The SMILES string of the molecule is Cc1nc(CN2C[C@H]3CN(C(=O)c4ccccn4)[C@H](c4ccccc4C)[C@H]3C2)n[nH]1. The Kier molecular flexibility index (Phi) is 4.83. The molecule has 2 aromatic heterocycles. The van der Waals surface area contributed by atoms with Crippen molar-refractivity contribution in [3.63, 3.8) is 0 Å². The highest BCUT2D eigenvalue weighted by Crippen LogP contribution is 2.46. The van der Waals surface area contributed by atoms with E-state index in [1.54, 1.807) is 6.20 Å². The zero-order valence-corrected chi connectivity index (χ0v) is 17.3. The average molecular weight is 403 g/mol. The molecule has 154 valence electrons. The molecule has 2 aliphatic heterocycles. The van der Waals surface area contributed by atoms with Gasteiger partial charge in [-0.05, 0) is 43.0 Å². The zero-order chi connectivity index (χ0) is 20.7. The minimum atomic E-state index is 0.0226. The van der Waals surface area contributed by atoms with Crippen LogP contribution in [0.25, 0.3) is 0 Å². The molecule has 5 rings (SSSR count). The summed E-state index contributed by atoms with van der Waals surface area (Å²) in [5.74, 6) is 2.52. The van der Waals surface area contributed by atoms with E-state index in [0.29, 0.717) is 17.5 Å². The number of nitrogens with zero attached hydrogens (tertiary/aromatic N) is 5. The van der Waals surface area contributed by atoms with Crippen LogP contribution in [0.1, 0.15) is 39.3 Å². The molecule has 3 aromatic rings. The highest BCUT2D eigenvalue weighted by atomic mass is 16.2. The molecule has 0 bridgehead atoms. The van der Waals surface area contributed by atoms with Crippen LogP contribution in [0, 0.1) is 25.7 Å². The Labute approximate surface area is 176 Å². The summed E-state index contributed by atoms with van der Waals surface area (Å²) in [7, 11) is 0. The molecule has 0 aliphatic carbocycles. The molecule has 2 fully saturated rings. The van der Waals surface area contributed by atoms with Crippen LogP contribution in [0.15, 0.2) is 48.7 Å². The van der Waals surface area contributed by atoms with E-state index in [1.165, 1.54) is 11.1 Å². The molecule has 7 heteroatoms. The molecular weight excluding hydrogens is 376 g/mol. The number of fused-ring (bicyclic) bond motifs is 1. The summed E-state index contributed by atoms with van der Waals surface area (Å²) in [4.78, 5) is 26.6. The number of hydrogen-bond donors (Lipinski definition) is 1.